The van der Waals surface area contributed by atoms with E-state index in [0.717, 1.165) is 23.9 Å². The second kappa shape index (κ2) is 5.22. The molecule has 1 saturated heterocycles. The van der Waals surface area contributed by atoms with Gasteiger partial charge in [-0.3, -0.25) is 0 Å². The van der Waals surface area contributed by atoms with Crippen LogP contribution in [0.4, 0.5) is 5.69 Å². The minimum absolute atomic E-state index is 0.179. The Bertz CT molecular complexity index is 431. The zero-order valence-electron chi connectivity index (χ0n) is 11.4. The molecular formula is C15H22BrNO. The monoisotopic (exact) mass is 311 g/mol. The van der Waals surface area contributed by atoms with Gasteiger partial charge >= 0.3 is 0 Å². The summed E-state index contributed by atoms with van der Waals surface area (Å²) < 4.78 is 1.13. The fourth-order valence-electron chi connectivity index (χ4n) is 3.11. The Kier molecular flexibility index (Phi) is 4.02. The Morgan fingerprint density at radius 3 is 2.78 bits per heavy atom. The zero-order chi connectivity index (χ0) is 13.3. The number of halogens is 1. The van der Waals surface area contributed by atoms with Gasteiger partial charge in [0.2, 0.25) is 0 Å². The van der Waals surface area contributed by atoms with Gasteiger partial charge in [-0.05, 0) is 63.3 Å². The van der Waals surface area contributed by atoms with Crippen molar-refractivity contribution in [3.8, 4) is 0 Å². The topological polar surface area (TPSA) is 23.5 Å². The van der Waals surface area contributed by atoms with Crippen LogP contribution in [0.25, 0.3) is 0 Å². The van der Waals surface area contributed by atoms with E-state index < -0.39 is 0 Å². The fourth-order valence-corrected chi connectivity index (χ4v) is 3.58. The maximum absolute atomic E-state index is 9.12. The van der Waals surface area contributed by atoms with Crippen LogP contribution in [0.2, 0.25) is 0 Å². The van der Waals surface area contributed by atoms with Gasteiger partial charge < -0.3 is 10.0 Å². The van der Waals surface area contributed by atoms with Crippen LogP contribution >= 0.6 is 15.9 Å². The molecule has 100 valence electrons. The first-order chi connectivity index (χ1) is 8.44. The van der Waals surface area contributed by atoms with Crippen molar-refractivity contribution in [3.63, 3.8) is 0 Å². The number of benzene rings is 1. The summed E-state index contributed by atoms with van der Waals surface area (Å²) in [7, 11) is 0. The van der Waals surface area contributed by atoms with Crippen LogP contribution in [0.5, 0.6) is 0 Å². The minimum Gasteiger partial charge on any atom is -0.396 e. The van der Waals surface area contributed by atoms with Crippen molar-refractivity contribution in [1.29, 1.82) is 0 Å². The molecule has 1 heterocycles. The molecule has 1 atom stereocenters. The summed E-state index contributed by atoms with van der Waals surface area (Å²) in [6, 6.07) is 6.48. The van der Waals surface area contributed by atoms with Gasteiger partial charge in [-0.15, -0.1) is 0 Å². The lowest BCUT2D eigenvalue weighted by molar-refractivity contribution is 0.259. The lowest BCUT2D eigenvalue weighted by Gasteiger charge is -2.34. The first kappa shape index (κ1) is 13.9. The molecule has 0 spiro atoms. The Labute approximate surface area is 118 Å². The van der Waals surface area contributed by atoms with Crippen LogP contribution in [-0.4, -0.2) is 23.8 Å². The van der Waals surface area contributed by atoms with Crippen molar-refractivity contribution in [1.82, 2.24) is 0 Å². The third-order valence-corrected chi connectivity index (χ3v) is 4.44. The van der Waals surface area contributed by atoms with Crippen LogP contribution in [0.1, 0.15) is 32.3 Å². The van der Waals surface area contributed by atoms with Crippen LogP contribution in [0, 0.1) is 12.8 Å². The first-order valence-electron chi connectivity index (χ1n) is 6.58. The summed E-state index contributed by atoms with van der Waals surface area (Å²) in [4.78, 5) is 2.50. The van der Waals surface area contributed by atoms with Gasteiger partial charge in [0.25, 0.3) is 0 Å². The number of hydrogen-bond donors (Lipinski definition) is 1. The molecular weight excluding hydrogens is 290 g/mol. The summed E-state index contributed by atoms with van der Waals surface area (Å²) in [5.74, 6) is 0.605. The molecule has 0 amide bonds. The van der Waals surface area contributed by atoms with E-state index >= 15 is 0 Å². The molecule has 0 aromatic heterocycles. The van der Waals surface area contributed by atoms with Crippen molar-refractivity contribution in [2.45, 2.75) is 39.2 Å². The summed E-state index contributed by atoms with van der Waals surface area (Å²) in [5, 5.41) is 9.12. The van der Waals surface area contributed by atoms with Crippen molar-refractivity contribution in [2.24, 2.45) is 5.92 Å². The second-order valence-corrected chi connectivity index (χ2v) is 6.85. The Morgan fingerprint density at radius 1 is 1.44 bits per heavy atom. The fraction of sp³-hybridized carbons (Fsp3) is 0.600. The molecule has 2 nitrogen and oxygen atoms in total. The van der Waals surface area contributed by atoms with Crippen molar-refractivity contribution < 1.29 is 5.11 Å². The molecule has 0 radical (unpaired) electrons. The summed E-state index contributed by atoms with van der Waals surface area (Å²) in [6.45, 7) is 8.11. The van der Waals surface area contributed by atoms with Crippen LogP contribution in [0.15, 0.2) is 22.7 Å². The van der Waals surface area contributed by atoms with E-state index in [2.05, 4.69) is 59.8 Å². The molecule has 1 N–H and O–H groups in total. The molecule has 1 unspecified atom stereocenters. The molecule has 1 aromatic rings. The number of nitrogens with zero attached hydrogens (tertiary/aromatic N) is 1. The number of aliphatic hydroxyl groups is 1. The number of hydrogen-bond acceptors (Lipinski definition) is 2. The zero-order valence-corrected chi connectivity index (χ0v) is 13.0. The Hall–Kier alpha value is -0.540. The minimum atomic E-state index is 0.179. The smallest absolute Gasteiger partial charge is 0.0434 e. The van der Waals surface area contributed by atoms with Gasteiger partial charge in [0.1, 0.15) is 0 Å². The van der Waals surface area contributed by atoms with Crippen molar-refractivity contribution >= 4 is 21.6 Å². The highest BCUT2D eigenvalue weighted by Gasteiger charge is 2.38. The third-order valence-electron chi connectivity index (χ3n) is 3.95. The summed E-state index contributed by atoms with van der Waals surface area (Å²) in [5.41, 5.74) is 2.81. The van der Waals surface area contributed by atoms with E-state index in [9.17, 15) is 0 Å². The van der Waals surface area contributed by atoms with E-state index in [1.165, 1.54) is 11.3 Å². The van der Waals surface area contributed by atoms with Gasteiger partial charge in [0.15, 0.2) is 0 Å². The molecule has 1 aromatic carbocycles. The Morgan fingerprint density at radius 2 is 2.17 bits per heavy atom. The predicted octanol–water partition coefficient (Wildman–Crippen LogP) is 3.74. The van der Waals surface area contributed by atoms with Crippen molar-refractivity contribution in [2.75, 3.05) is 18.1 Å². The molecule has 2 rings (SSSR count). The number of aliphatic hydroxyl groups excluding tert-OH is 1. The lowest BCUT2D eigenvalue weighted by atomic mass is 9.94. The molecule has 18 heavy (non-hydrogen) atoms. The second-order valence-electron chi connectivity index (χ2n) is 5.94. The molecule has 0 aliphatic carbocycles. The van der Waals surface area contributed by atoms with Crippen LogP contribution in [0.3, 0.4) is 0 Å². The molecule has 0 saturated carbocycles. The van der Waals surface area contributed by atoms with Crippen LogP contribution < -0.4 is 4.90 Å². The highest BCUT2D eigenvalue weighted by molar-refractivity contribution is 9.10. The molecule has 1 fully saturated rings. The predicted molar refractivity (Wildman–Crippen MR) is 80.1 cm³/mol. The number of rotatable bonds is 3. The summed E-state index contributed by atoms with van der Waals surface area (Å²) in [6.07, 6.45) is 2.07. The largest absolute Gasteiger partial charge is 0.396 e. The van der Waals surface area contributed by atoms with Gasteiger partial charge in [0, 0.05) is 28.9 Å². The van der Waals surface area contributed by atoms with E-state index in [1.54, 1.807) is 0 Å². The number of aryl methyl sites for hydroxylation is 1. The normalized spacial score (nSPS) is 22.5. The molecule has 1 aliphatic rings. The lowest BCUT2D eigenvalue weighted by Crippen LogP contribution is -2.38. The number of anilines is 1. The SMILES string of the molecule is Cc1cc(Br)ccc1N1CC(CCO)CC1(C)C. The van der Waals surface area contributed by atoms with Crippen molar-refractivity contribution in [3.05, 3.63) is 28.2 Å². The highest BCUT2D eigenvalue weighted by Crippen LogP contribution is 2.39. The third kappa shape index (κ3) is 2.72. The van der Waals surface area contributed by atoms with Gasteiger partial charge in [-0.1, -0.05) is 15.9 Å². The van der Waals surface area contributed by atoms with E-state index in [4.69, 9.17) is 5.11 Å². The van der Waals surface area contributed by atoms with Gasteiger partial charge in [-0.25, -0.2) is 0 Å². The quantitative estimate of drug-likeness (QED) is 0.919. The molecule has 1 aliphatic heterocycles. The van der Waals surface area contributed by atoms with Gasteiger partial charge in [-0.2, -0.15) is 0 Å². The molecule has 3 heteroatoms. The highest BCUT2D eigenvalue weighted by atomic mass is 79.9. The standard InChI is InChI=1S/C15H22BrNO/c1-11-8-13(16)4-5-14(11)17-10-12(6-7-18)9-15(17,2)3/h4-5,8,12,18H,6-7,9-10H2,1-3H3. The summed E-state index contributed by atoms with van der Waals surface area (Å²) >= 11 is 3.52. The maximum atomic E-state index is 9.12. The van der Waals surface area contributed by atoms with E-state index in [0.29, 0.717) is 12.5 Å². The molecule has 0 bridgehead atoms. The van der Waals surface area contributed by atoms with Crippen LogP contribution in [-0.2, 0) is 0 Å². The average Bonchev–Trinajstić information content (AvgIpc) is 2.54. The van der Waals surface area contributed by atoms with Gasteiger partial charge in [0.05, 0.1) is 0 Å². The maximum Gasteiger partial charge on any atom is 0.0434 e. The van der Waals surface area contributed by atoms with E-state index in [-0.39, 0.29) is 5.54 Å². The van der Waals surface area contributed by atoms with E-state index in [1.807, 2.05) is 0 Å². The first-order valence-corrected chi connectivity index (χ1v) is 7.38. The average molecular weight is 312 g/mol. The Balaban J connectivity index is 2.26.